The molecule has 0 atom stereocenters. The van der Waals surface area contributed by atoms with E-state index in [0.717, 1.165) is 11.3 Å². The first-order valence-electron chi connectivity index (χ1n) is 8.84. The molecule has 1 aromatic carbocycles. The van der Waals surface area contributed by atoms with Crippen LogP contribution in [0.3, 0.4) is 0 Å². The minimum atomic E-state index is -0.483. The number of amides is 1. The molecule has 3 aromatic heterocycles. The first kappa shape index (κ1) is 19.5. The van der Waals surface area contributed by atoms with Crippen molar-refractivity contribution in [3.8, 4) is 5.69 Å². The molecule has 10 nitrogen and oxygen atoms in total. The summed E-state index contributed by atoms with van der Waals surface area (Å²) in [5.41, 5.74) is 1.54. The van der Waals surface area contributed by atoms with Gasteiger partial charge >= 0.3 is 0 Å². The standard InChI is InChI=1S/C19H16N6O4S/c1-10-8-14(24(22-10)12-4-6-13(7-5-12)25(28)29)21-17(26)16-11(2)15-18(30-16)20-9-23(3)19(15)27/h4-9H,1-3H3,(H,21,26). The Kier molecular flexibility index (Phi) is 4.66. The van der Waals surface area contributed by atoms with Gasteiger partial charge in [0, 0.05) is 25.2 Å². The fraction of sp³-hybridized carbons (Fsp3) is 0.158. The lowest BCUT2D eigenvalue weighted by Gasteiger charge is -2.08. The van der Waals surface area contributed by atoms with Crippen LogP contribution in [0.25, 0.3) is 15.9 Å². The molecule has 152 valence electrons. The molecule has 30 heavy (non-hydrogen) atoms. The Morgan fingerprint density at radius 1 is 1.23 bits per heavy atom. The largest absolute Gasteiger partial charge is 0.306 e. The van der Waals surface area contributed by atoms with Crippen LogP contribution < -0.4 is 10.9 Å². The Hall–Kier alpha value is -3.86. The summed E-state index contributed by atoms with van der Waals surface area (Å²) < 4.78 is 2.87. The van der Waals surface area contributed by atoms with Crippen molar-refractivity contribution in [2.24, 2.45) is 7.05 Å². The maximum Gasteiger partial charge on any atom is 0.269 e. The van der Waals surface area contributed by atoms with Gasteiger partial charge in [0.1, 0.15) is 10.6 Å². The number of hydrogen-bond acceptors (Lipinski definition) is 7. The van der Waals surface area contributed by atoms with Crippen LogP contribution in [-0.2, 0) is 7.05 Å². The van der Waals surface area contributed by atoms with E-state index >= 15 is 0 Å². The van der Waals surface area contributed by atoms with Crippen molar-refractivity contribution < 1.29 is 9.72 Å². The van der Waals surface area contributed by atoms with Crippen LogP contribution in [0, 0.1) is 24.0 Å². The highest BCUT2D eigenvalue weighted by molar-refractivity contribution is 7.20. The number of fused-ring (bicyclic) bond motifs is 1. The van der Waals surface area contributed by atoms with Crippen LogP contribution in [0.2, 0.25) is 0 Å². The molecule has 0 aliphatic carbocycles. The van der Waals surface area contributed by atoms with Gasteiger partial charge in [-0.1, -0.05) is 0 Å². The summed E-state index contributed by atoms with van der Waals surface area (Å²) in [5.74, 6) is 0.0182. The normalized spacial score (nSPS) is 11.0. The lowest BCUT2D eigenvalue weighted by molar-refractivity contribution is -0.384. The minimum Gasteiger partial charge on any atom is -0.306 e. The number of thiophene rings is 1. The van der Waals surface area contributed by atoms with Crippen LogP contribution in [0.5, 0.6) is 0 Å². The first-order chi connectivity index (χ1) is 14.3. The van der Waals surface area contributed by atoms with E-state index in [2.05, 4.69) is 15.4 Å². The average Bonchev–Trinajstić information content (AvgIpc) is 3.24. The second kappa shape index (κ2) is 7.19. The van der Waals surface area contributed by atoms with Crippen molar-refractivity contribution in [1.82, 2.24) is 19.3 Å². The molecule has 0 saturated carbocycles. The number of carbonyl (C=O) groups excluding carboxylic acids is 1. The third kappa shape index (κ3) is 3.24. The van der Waals surface area contributed by atoms with E-state index in [1.54, 1.807) is 39.1 Å². The summed E-state index contributed by atoms with van der Waals surface area (Å²) in [7, 11) is 1.61. The number of benzene rings is 1. The molecule has 0 fully saturated rings. The van der Waals surface area contributed by atoms with Gasteiger partial charge in [-0.2, -0.15) is 5.10 Å². The van der Waals surface area contributed by atoms with Crippen LogP contribution in [0.1, 0.15) is 20.9 Å². The van der Waals surface area contributed by atoms with Gasteiger partial charge in [0.25, 0.3) is 17.2 Å². The molecule has 4 aromatic rings. The van der Waals surface area contributed by atoms with E-state index in [1.807, 2.05) is 0 Å². The maximum absolute atomic E-state index is 13.0. The average molecular weight is 424 g/mol. The highest BCUT2D eigenvalue weighted by atomic mass is 32.1. The van der Waals surface area contributed by atoms with Gasteiger partial charge in [0.05, 0.1) is 32.9 Å². The van der Waals surface area contributed by atoms with Gasteiger partial charge < -0.3 is 9.88 Å². The molecule has 0 radical (unpaired) electrons. The smallest absolute Gasteiger partial charge is 0.269 e. The van der Waals surface area contributed by atoms with Gasteiger partial charge in [-0.3, -0.25) is 19.7 Å². The number of nitro groups is 1. The zero-order valence-corrected chi connectivity index (χ0v) is 17.1. The second-order valence-electron chi connectivity index (χ2n) is 6.71. The fourth-order valence-corrected chi connectivity index (χ4v) is 4.13. The molecule has 0 bridgehead atoms. The first-order valence-corrected chi connectivity index (χ1v) is 9.65. The van der Waals surface area contributed by atoms with E-state index in [1.165, 1.54) is 27.7 Å². The SMILES string of the molecule is Cc1cc(NC(=O)c2sc3ncn(C)c(=O)c3c2C)n(-c2ccc([N+](=O)[O-])cc2)n1. The van der Waals surface area contributed by atoms with Crippen LogP contribution in [0.15, 0.2) is 41.5 Å². The molecular weight excluding hydrogens is 408 g/mol. The van der Waals surface area contributed by atoms with E-state index < -0.39 is 4.92 Å². The number of carbonyl (C=O) groups is 1. The molecule has 0 unspecified atom stereocenters. The summed E-state index contributed by atoms with van der Waals surface area (Å²) in [6.45, 7) is 3.49. The summed E-state index contributed by atoms with van der Waals surface area (Å²) in [5, 5.41) is 18.5. The Morgan fingerprint density at radius 2 is 1.93 bits per heavy atom. The van der Waals surface area contributed by atoms with Crippen LogP contribution >= 0.6 is 11.3 Å². The number of anilines is 1. The summed E-state index contributed by atoms with van der Waals surface area (Å²) in [4.78, 5) is 40.9. The Morgan fingerprint density at radius 3 is 2.60 bits per heavy atom. The number of hydrogen-bond donors (Lipinski definition) is 1. The minimum absolute atomic E-state index is 0.0387. The molecule has 1 amide bonds. The van der Waals surface area contributed by atoms with E-state index in [4.69, 9.17) is 0 Å². The van der Waals surface area contributed by atoms with Gasteiger partial charge in [-0.25, -0.2) is 9.67 Å². The van der Waals surface area contributed by atoms with Gasteiger partial charge in [-0.05, 0) is 31.5 Å². The quantitative estimate of drug-likeness (QED) is 0.397. The van der Waals surface area contributed by atoms with Crippen molar-refractivity contribution >= 4 is 39.0 Å². The molecule has 0 spiro atoms. The summed E-state index contributed by atoms with van der Waals surface area (Å²) >= 11 is 1.15. The molecule has 11 heteroatoms. The van der Waals surface area contributed by atoms with Crippen molar-refractivity contribution in [3.63, 3.8) is 0 Å². The Labute approximate surface area is 173 Å². The number of aryl methyl sites for hydroxylation is 3. The van der Waals surface area contributed by atoms with Gasteiger partial charge in [0.2, 0.25) is 0 Å². The zero-order chi connectivity index (χ0) is 21.6. The predicted octanol–water partition coefficient (Wildman–Crippen LogP) is 2.96. The van der Waals surface area contributed by atoms with E-state index in [0.29, 0.717) is 37.9 Å². The van der Waals surface area contributed by atoms with E-state index in [9.17, 15) is 19.7 Å². The molecular formula is C19H16N6O4S. The van der Waals surface area contributed by atoms with Crippen molar-refractivity contribution in [2.45, 2.75) is 13.8 Å². The number of non-ortho nitro benzene ring substituents is 1. The highest BCUT2D eigenvalue weighted by Gasteiger charge is 2.21. The molecule has 0 aliphatic heterocycles. The molecule has 1 N–H and O–H groups in total. The van der Waals surface area contributed by atoms with Crippen molar-refractivity contribution in [3.05, 3.63) is 73.3 Å². The van der Waals surface area contributed by atoms with Crippen molar-refractivity contribution in [1.29, 1.82) is 0 Å². The monoisotopic (exact) mass is 424 g/mol. The molecule has 4 rings (SSSR count). The summed E-state index contributed by atoms with van der Waals surface area (Å²) in [6.07, 6.45) is 1.43. The van der Waals surface area contributed by atoms with Crippen molar-refractivity contribution in [2.75, 3.05) is 5.32 Å². The Balaban J connectivity index is 1.70. The second-order valence-corrected chi connectivity index (χ2v) is 7.71. The number of nitrogens with one attached hydrogen (secondary N) is 1. The molecule has 0 aliphatic rings. The number of rotatable bonds is 4. The zero-order valence-electron chi connectivity index (χ0n) is 16.2. The Bertz CT molecular complexity index is 1370. The third-order valence-corrected chi connectivity index (χ3v) is 5.79. The predicted molar refractivity (Wildman–Crippen MR) is 113 cm³/mol. The highest BCUT2D eigenvalue weighted by Crippen LogP contribution is 2.28. The maximum atomic E-state index is 13.0. The van der Waals surface area contributed by atoms with Gasteiger partial charge in [0.15, 0.2) is 0 Å². The number of aromatic nitrogens is 4. The molecule has 0 saturated heterocycles. The van der Waals surface area contributed by atoms with Crippen LogP contribution in [-0.4, -0.2) is 30.2 Å². The lowest BCUT2D eigenvalue weighted by Crippen LogP contribution is -2.17. The number of nitro benzene ring substituents is 1. The fourth-order valence-electron chi connectivity index (χ4n) is 3.10. The topological polar surface area (TPSA) is 125 Å². The van der Waals surface area contributed by atoms with Gasteiger partial charge in [-0.15, -0.1) is 11.3 Å². The van der Waals surface area contributed by atoms with Crippen LogP contribution in [0.4, 0.5) is 11.5 Å². The third-order valence-electron chi connectivity index (χ3n) is 4.60. The number of nitrogens with zero attached hydrogens (tertiary/aromatic N) is 5. The lowest BCUT2D eigenvalue weighted by atomic mass is 10.2. The van der Waals surface area contributed by atoms with E-state index in [-0.39, 0.29) is 17.2 Å². The molecule has 3 heterocycles. The summed E-state index contributed by atoms with van der Waals surface area (Å²) in [6, 6.07) is 7.54.